The highest BCUT2D eigenvalue weighted by atomic mass is 35.5. The molecule has 1 saturated heterocycles. The number of hydrogen-bond acceptors (Lipinski definition) is 3. The third-order valence-electron chi connectivity index (χ3n) is 3.03. The Morgan fingerprint density at radius 2 is 2.35 bits per heavy atom. The average molecular weight is 309 g/mol. The molecule has 3 nitrogen and oxygen atoms in total. The maximum atomic E-state index is 12.2. The predicted octanol–water partition coefficient (Wildman–Crippen LogP) is 2.87. The Labute approximate surface area is 128 Å². The van der Waals surface area contributed by atoms with Crippen LogP contribution in [-0.2, 0) is 4.79 Å². The molecular formula is C15H17ClN2OS. The molecule has 1 amide bonds. The molecule has 20 heavy (non-hydrogen) atoms. The number of halogens is 1. The number of hydrogen-bond donors (Lipinski definition) is 2. The number of anilines is 1. The Balaban J connectivity index is 2.07. The molecule has 3 N–H and O–H groups in total. The number of benzene rings is 1. The van der Waals surface area contributed by atoms with Gasteiger partial charge in [-0.3, -0.25) is 4.79 Å². The number of nitrogens with one attached hydrogen (secondary N) is 1. The van der Waals surface area contributed by atoms with E-state index in [-0.39, 0.29) is 17.7 Å². The van der Waals surface area contributed by atoms with Crippen LogP contribution < -0.4 is 11.1 Å². The van der Waals surface area contributed by atoms with Gasteiger partial charge >= 0.3 is 0 Å². The molecule has 2 rings (SSSR count). The molecule has 0 aliphatic carbocycles. The number of nitrogens with two attached hydrogens (primary N) is 1. The summed E-state index contributed by atoms with van der Waals surface area (Å²) in [6.45, 7) is 0.283. The van der Waals surface area contributed by atoms with Crippen molar-refractivity contribution in [2.45, 2.75) is 24.5 Å². The van der Waals surface area contributed by atoms with Gasteiger partial charge in [-0.1, -0.05) is 29.9 Å². The van der Waals surface area contributed by atoms with Gasteiger partial charge in [-0.05, 0) is 36.8 Å². The van der Waals surface area contributed by atoms with E-state index in [0.717, 1.165) is 24.3 Å². The molecule has 106 valence electrons. The van der Waals surface area contributed by atoms with E-state index >= 15 is 0 Å². The van der Waals surface area contributed by atoms with E-state index in [4.69, 9.17) is 17.3 Å². The second-order valence-corrected chi connectivity index (χ2v) is 6.26. The zero-order chi connectivity index (χ0) is 14.4. The van der Waals surface area contributed by atoms with Crippen molar-refractivity contribution < 1.29 is 4.79 Å². The van der Waals surface area contributed by atoms with E-state index in [0.29, 0.717) is 10.6 Å². The summed E-state index contributed by atoms with van der Waals surface area (Å²) in [6, 6.07) is 5.32. The van der Waals surface area contributed by atoms with Crippen molar-refractivity contribution in [3.05, 3.63) is 28.8 Å². The van der Waals surface area contributed by atoms with Gasteiger partial charge in [0.1, 0.15) is 0 Å². The molecular weight excluding hydrogens is 292 g/mol. The van der Waals surface area contributed by atoms with Gasteiger partial charge < -0.3 is 11.1 Å². The summed E-state index contributed by atoms with van der Waals surface area (Å²) in [5.41, 5.74) is 6.77. The molecule has 1 fully saturated rings. The van der Waals surface area contributed by atoms with Gasteiger partial charge in [0.2, 0.25) is 5.91 Å². The van der Waals surface area contributed by atoms with Gasteiger partial charge in [-0.2, -0.15) is 0 Å². The minimum atomic E-state index is 0.0537. The maximum absolute atomic E-state index is 12.2. The van der Waals surface area contributed by atoms with Crippen LogP contribution in [-0.4, -0.2) is 23.5 Å². The summed E-state index contributed by atoms with van der Waals surface area (Å²) in [4.78, 5) is 12.2. The predicted molar refractivity (Wildman–Crippen MR) is 86.1 cm³/mol. The van der Waals surface area contributed by atoms with Crippen LogP contribution in [0.15, 0.2) is 18.2 Å². The summed E-state index contributed by atoms with van der Waals surface area (Å²) in [7, 11) is 0. The molecule has 5 heteroatoms. The molecule has 0 aromatic heterocycles. The van der Waals surface area contributed by atoms with E-state index < -0.39 is 0 Å². The van der Waals surface area contributed by atoms with Gasteiger partial charge in [-0.15, -0.1) is 11.8 Å². The molecule has 1 aromatic carbocycles. The zero-order valence-electron chi connectivity index (χ0n) is 11.1. The minimum absolute atomic E-state index is 0.0537. The molecule has 1 aromatic rings. The molecule has 1 unspecified atom stereocenters. The van der Waals surface area contributed by atoms with Crippen LogP contribution in [0.3, 0.4) is 0 Å². The monoisotopic (exact) mass is 308 g/mol. The molecule has 1 aliphatic heterocycles. The number of thioether (sulfide) groups is 1. The number of carbonyl (C=O) groups is 1. The fourth-order valence-electron chi connectivity index (χ4n) is 2.02. The van der Waals surface area contributed by atoms with Gasteiger partial charge in [-0.25, -0.2) is 0 Å². The lowest BCUT2D eigenvalue weighted by Gasteiger charge is -2.20. The molecule has 1 atom stereocenters. The fraction of sp³-hybridized carbons (Fsp3) is 0.400. The first kappa shape index (κ1) is 15.2. The quantitative estimate of drug-likeness (QED) is 0.826. The van der Waals surface area contributed by atoms with Gasteiger partial charge in [0.05, 0.1) is 16.8 Å². The number of amides is 1. The topological polar surface area (TPSA) is 55.1 Å². The highest BCUT2D eigenvalue weighted by molar-refractivity contribution is 8.00. The molecule has 0 radical (unpaired) electrons. The summed E-state index contributed by atoms with van der Waals surface area (Å²) in [6.07, 6.45) is 3.27. The Morgan fingerprint density at radius 1 is 1.50 bits per heavy atom. The summed E-state index contributed by atoms with van der Waals surface area (Å²) in [5.74, 6) is 6.79. The molecule has 0 spiro atoms. The van der Waals surface area contributed by atoms with E-state index in [1.54, 1.807) is 30.0 Å². The second-order valence-electron chi connectivity index (χ2n) is 4.54. The smallest absolute Gasteiger partial charge is 0.237 e. The Hall–Kier alpha value is -1.15. The van der Waals surface area contributed by atoms with Crippen LogP contribution >= 0.6 is 23.4 Å². The van der Waals surface area contributed by atoms with Gasteiger partial charge in [0.25, 0.3) is 0 Å². The van der Waals surface area contributed by atoms with Crippen LogP contribution in [0.2, 0.25) is 5.02 Å². The van der Waals surface area contributed by atoms with Gasteiger partial charge in [0, 0.05) is 11.3 Å². The third kappa shape index (κ3) is 4.17. The lowest BCUT2D eigenvalue weighted by atomic mass is 10.1. The number of carbonyl (C=O) groups excluding carboxylic acids is 1. The van der Waals surface area contributed by atoms with E-state index in [9.17, 15) is 4.79 Å². The summed E-state index contributed by atoms with van der Waals surface area (Å²) < 4.78 is 0. The molecule has 1 heterocycles. The Kier molecular flexibility index (Phi) is 5.78. The molecule has 0 saturated carbocycles. The fourth-order valence-corrected chi connectivity index (χ4v) is 3.38. The Bertz CT molecular complexity index is 545. The normalized spacial score (nSPS) is 18.0. The first-order valence-corrected chi connectivity index (χ1v) is 8.04. The van der Waals surface area contributed by atoms with Crippen LogP contribution in [0.4, 0.5) is 5.69 Å². The Morgan fingerprint density at radius 3 is 3.05 bits per heavy atom. The SMILES string of the molecule is NCC#Cc1cc(NC(=O)C2CCCCS2)ccc1Cl. The largest absolute Gasteiger partial charge is 0.325 e. The van der Waals surface area contributed by atoms with E-state index in [2.05, 4.69) is 17.2 Å². The minimum Gasteiger partial charge on any atom is -0.325 e. The first-order valence-electron chi connectivity index (χ1n) is 6.61. The lowest BCUT2D eigenvalue weighted by molar-refractivity contribution is -0.115. The maximum Gasteiger partial charge on any atom is 0.237 e. The van der Waals surface area contributed by atoms with Crippen molar-refractivity contribution in [1.82, 2.24) is 0 Å². The van der Waals surface area contributed by atoms with Crippen molar-refractivity contribution in [2.75, 3.05) is 17.6 Å². The van der Waals surface area contributed by atoms with Crippen LogP contribution in [0.25, 0.3) is 0 Å². The highest BCUT2D eigenvalue weighted by Crippen LogP contribution is 2.27. The van der Waals surface area contributed by atoms with Crippen LogP contribution in [0.5, 0.6) is 0 Å². The summed E-state index contributed by atoms with van der Waals surface area (Å²) >= 11 is 7.79. The first-order chi connectivity index (χ1) is 9.70. The van der Waals surface area contributed by atoms with Gasteiger partial charge in [0.15, 0.2) is 0 Å². The van der Waals surface area contributed by atoms with Crippen molar-refractivity contribution >= 4 is 35.0 Å². The standard InChI is InChI=1S/C15H17ClN2OS/c16-13-7-6-12(10-11(13)4-3-8-17)18-15(19)14-5-1-2-9-20-14/h6-7,10,14H,1-2,5,8-9,17H2,(H,18,19). The van der Waals surface area contributed by atoms with Crippen molar-refractivity contribution in [3.8, 4) is 11.8 Å². The molecule has 0 bridgehead atoms. The number of rotatable bonds is 2. The third-order valence-corrected chi connectivity index (χ3v) is 4.74. The van der Waals surface area contributed by atoms with Crippen LogP contribution in [0.1, 0.15) is 24.8 Å². The van der Waals surface area contributed by atoms with Crippen molar-refractivity contribution in [1.29, 1.82) is 0 Å². The summed E-state index contributed by atoms with van der Waals surface area (Å²) in [5, 5.41) is 3.56. The zero-order valence-corrected chi connectivity index (χ0v) is 12.7. The highest BCUT2D eigenvalue weighted by Gasteiger charge is 2.21. The van der Waals surface area contributed by atoms with E-state index in [1.165, 1.54) is 6.42 Å². The molecule has 1 aliphatic rings. The van der Waals surface area contributed by atoms with E-state index in [1.807, 2.05) is 0 Å². The van der Waals surface area contributed by atoms with Crippen molar-refractivity contribution in [2.24, 2.45) is 5.73 Å². The van der Waals surface area contributed by atoms with Crippen molar-refractivity contribution in [3.63, 3.8) is 0 Å². The lowest BCUT2D eigenvalue weighted by Crippen LogP contribution is -2.27. The van der Waals surface area contributed by atoms with Crippen LogP contribution in [0, 0.1) is 11.8 Å². The average Bonchev–Trinajstić information content (AvgIpc) is 2.48. The second kappa shape index (κ2) is 7.58.